The molecule has 2 aromatic heterocycles. The van der Waals surface area contributed by atoms with Crippen LogP contribution in [0, 0.1) is 18.6 Å². The minimum Gasteiger partial charge on any atom is -0.480 e. The number of hydrogen-bond acceptors (Lipinski definition) is 6. The Hall–Kier alpha value is -3.04. The van der Waals surface area contributed by atoms with E-state index in [1.165, 1.54) is 23.4 Å². The maximum absolute atomic E-state index is 14.0. The van der Waals surface area contributed by atoms with Crippen LogP contribution >= 0.6 is 23.1 Å². The summed E-state index contributed by atoms with van der Waals surface area (Å²) in [7, 11) is 0. The van der Waals surface area contributed by atoms with Crippen molar-refractivity contribution in [2.45, 2.75) is 37.4 Å². The second-order valence-corrected chi connectivity index (χ2v) is 9.17. The molecule has 0 bridgehead atoms. The number of rotatable bonds is 9. The Balaban J connectivity index is 1.47. The predicted octanol–water partition coefficient (Wildman–Crippen LogP) is 6.61. The Morgan fingerprint density at radius 1 is 1.18 bits per heavy atom. The maximum Gasteiger partial charge on any atom is 0.192 e. The third-order valence-electron chi connectivity index (χ3n) is 4.82. The van der Waals surface area contributed by atoms with E-state index in [4.69, 9.17) is 9.72 Å². The van der Waals surface area contributed by atoms with Crippen LogP contribution in [0.2, 0.25) is 0 Å². The van der Waals surface area contributed by atoms with Crippen molar-refractivity contribution in [1.29, 1.82) is 0 Å². The maximum atomic E-state index is 14.0. The molecule has 0 aliphatic heterocycles. The number of nitrogens with zero attached hydrogens (tertiary/aromatic N) is 4. The van der Waals surface area contributed by atoms with E-state index < -0.39 is 17.7 Å². The SMILES string of the molecule is C=CCn1c(SCc2csc(-c3ccc(C)cc3)n2)nnc1C(C)Oc1ccc(F)cc1F. The van der Waals surface area contributed by atoms with Crippen molar-refractivity contribution in [3.8, 4) is 16.3 Å². The van der Waals surface area contributed by atoms with Gasteiger partial charge in [-0.2, -0.15) is 0 Å². The minimum atomic E-state index is -0.765. The Labute approximate surface area is 199 Å². The molecular formula is C24H22F2N4OS2. The molecule has 2 aromatic carbocycles. The molecule has 0 saturated heterocycles. The quantitative estimate of drug-likeness (QED) is 0.198. The molecule has 2 heterocycles. The van der Waals surface area contributed by atoms with Gasteiger partial charge in [0.1, 0.15) is 10.8 Å². The first-order valence-electron chi connectivity index (χ1n) is 10.2. The van der Waals surface area contributed by atoms with E-state index in [2.05, 4.69) is 48.0 Å². The van der Waals surface area contributed by atoms with E-state index in [1.54, 1.807) is 24.3 Å². The fourth-order valence-corrected chi connectivity index (χ4v) is 4.94. The summed E-state index contributed by atoms with van der Waals surface area (Å²) in [6.45, 7) is 8.08. The van der Waals surface area contributed by atoms with Gasteiger partial charge in [-0.15, -0.1) is 28.1 Å². The van der Waals surface area contributed by atoms with Crippen molar-refractivity contribution in [2.75, 3.05) is 0 Å². The fraction of sp³-hybridized carbons (Fsp3) is 0.208. The molecule has 170 valence electrons. The van der Waals surface area contributed by atoms with Gasteiger partial charge >= 0.3 is 0 Å². The summed E-state index contributed by atoms with van der Waals surface area (Å²) in [5.41, 5.74) is 3.26. The zero-order valence-corrected chi connectivity index (χ0v) is 19.8. The van der Waals surface area contributed by atoms with Gasteiger partial charge in [0.25, 0.3) is 0 Å². The molecule has 4 aromatic rings. The van der Waals surface area contributed by atoms with Crippen LogP contribution in [0.3, 0.4) is 0 Å². The van der Waals surface area contributed by atoms with Crippen LogP contribution in [0.5, 0.6) is 5.75 Å². The molecule has 0 aliphatic carbocycles. The van der Waals surface area contributed by atoms with Crippen LogP contribution < -0.4 is 4.74 Å². The van der Waals surface area contributed by atoms with E-state index in [0.717, 1.165) is 28.4 Å². The number of benzene rings is 2. The third kappa shape index (κ3) is 5.48. The van der Waals surface area contributed by atoms with Gasteiger partial charge in [-0.3, -0.25) is 4.57 Å². The number of aromatic nitrogens is 4. The van der Waals surface area contributed by atoms with Gasteiger partial charge in [-0.05, 0) is 26.0 Å². The Kier molecular flexibility index (Phi) is 7.20. The first-order valence-corrected chi connectivity index (χ1v) is 12.1. The summed E-state index contributed by atoms with van der Waals surface area (Å²) in [5.74, 6) is -0.315. The second kappa shape index (κ2) is 10.3. The van der Waals surface area contributed by atoms with Crippen LogP contribution in [0.1, 0.15) is 30.1 Å². The van der Waals surface area contributed by atoms with Crippen molar-refractivity contribution < 1.29 is 13.5 Å². The predicted molar refractivity (Wildman–Crippen MR) is 127 cm³/mol. The Morgan fingerprint density at radius 2 is 1.97 bits per heavy atom. The third-order valence-corrected chi connectivity index (χ3v) is 6.76. The monoisotopic (exact) mass is 484 g/mol. The van der Waals surface area contributed by atoms with Crippen LogP contribution in [0.25, 0.3) is 10.6 Å². The molecule has 0 N–H and O–H groups in total. The van der Waals surface area contributed by atoms with Gasteiger partial charge in [0.05, 0.1) is 5.69 Å². The number of thiazole rings is 1. The standard InChI is InChI=1S/C24H22F2N4OS2/c1-4-11-30-22(16(3)31-21-10-9-18(25)12-20(21)26)28-29-24(30)33-14-19-13-32-23(27-19)17-7-5-15(2)6-8-17/h4-10,12-13,16H,1,11,14H2,2-3H3. The molecule has 0 aliphatic rings. The molecule has 5 nitrogen and oxygen atoms in total. The smallest absolute Gasteiger partial charge is 0.192 e. The Bertz CT molecular complexity index is 1250. The number of thioether (sulfide) groups is 1. The second-order valence-electron chi connectivity index (χ2n) is 7.37. The molecule has 1 atom stereocenters. The normalized spacial score (nSPS) is 12.0. The molecule has 9 heteroatoms. The highest BCUT2D eigenvalue weighted by molar-refractivity contribution is 7.98. The molecule has 1 unspecified atom stereocenters. The lowest BCUT2D eigenvalue weighted by molar-refractivity contribution is 0.200. The highest BCUT2D eigenvalue weighted by Gasteiger charge is 2.20. The van der Waals surface area contributed by atoms with Gasteiger partial charge in [-0.1, -0.05) is 47.7 Å². The summed E-state index contributed by atoms with van der Waals surface area (Å²) in [6, 6.07) is 11.5. The lowest BCUT2D eigenvalue weighted by Crippen LogP contribution is -2.13. The Morgan fingerprint density at radius 3 is 2.70 bits per heavy atom. The number of hydrogen-bond donors (Lipinski definition) is 0. The molecule has 0 spiro atoms. The van der Waals surface area contributed by atoms with E-state index in [1.807, 2.05) is 9.95 Å². The van der Waals surface area contributed by atoms with Crippen LogP contribution in [0.15, 0.2) is 65.7 Å². The molecule has 0 fully saturated rings. The molecule has 33 heavy (non-hydrogen) atoms. The summed E-state index contributed by atoms with van der Waals surface area (Å²) in [6.07, 6.45) is 1.14. The minimum absolute atomic E-state index is 0.0441. The number of ether oxygens (including phenoxy) is 1. The van der Waals surface area contributed by atoms with E-state index >= 15 is 0 Å². The summed E-state index contributed by atoms with van der Waals surface area (Å²) < 4.78 is 34.7. The van der Waals surface area contributed by atoms with Crippen molar-refractivity contribution >= 4 is 23.1 Å². The first-order chi connectivity index (χ1) is 15.9. The number of allylic oxidation sites excluding steroid dienone is 1. The van der Waals surface area contributed by atoms with Gasteiger partial charge in [0.2, 0.25) is 0 Å². The highest BCUT2D eigenvalue weighted by atomic mass is 32.2. The van der Waals surface area contributed by atoms with Crippen LogP contribution in [0.4, 0.5) is 8.78 Å². The zero-order chi connectivity index (χ0) is 23.4. The van der Waals surface area contributed by atoms with Crippen molar-refractivity contribution in [3.63, 3.8) is 0 Å². The van der Waals surface area contributed by atoms with Crippen LogP contribution in [-0.2, 0) is 12.3 Å². The molecule has 0 amide bonds. The number of halogens is 2. The van der Waals surface area contributed by atoms with Gasteiger partial charge in [0.15, 0.2) is 28.7 Å². The summed E-state index contributed by atoms with van der Waals surface area (Å²) >= 11 is 3.11. The molecule has 0 radical (unpaired) electrons. The van der Waals surface area contributed by atoms with Crippen molar-refractivity contribution in [2.24, 2.45) is 0 Å². The highest BCUT2D eigenvalue weighted by Crippen LogP contribution is 2.30. The molecular weight excluding hydrogens is 462 g/mol. The van der Waals surface area contributed by atoms with Crippen LogP contribution in [-0.4, -0.2) is 19.7 Å². The van der Waals surface area contributed by atoms with E-state index in [0.29, 0.717) is 23.3 Å². The van der Waals surface area contributed by atoms with E-state index in [9.17, 15) is 8.78 Å². The van der Waals surface area contributed by atoms with Gasteiger partial charge in [-0.25, -0.2) is 13.8 Å². The topological polar surface area (TPSA) is 52.8 Å². The van der Waals surface area contributed by atoms with Crippen molar-refractivity contribution in [1.82, 2.24) is 19.7 Å². The zero-order valence-electron chi connectivity index (χ0n) is 18.2. The summed E-state index contributed by atoms with van der Waals surface area (Å²) in [5, 5.41) is 12.3. The summed E-state index contributed by atoms with van der Waals surface area (Å²) in [4.78, 5) is 4.74. The average Bonchev–Trinajstić information content (AvgIpc) is 3.42. The largest absolute Gasteiger partial charge is 0.480 e. The first kappa shape index (κ1) is 23.1. The van der Waals surface area contributed by atoms with Crippen molar-refractivity contribution in [3.05, 3.63) is 89.2 Å². The van der Waals surface area contributed by atoms with Gasteiger partial charge in [0, 0.05) is 29.3 Å². The molecule has 4 rings (SSSR count). The average molecular weight is 485 g/mol. The fourth-order valence-electron chi connectivity index (χ4n) is 3.16. The lowest BCUT2D eigenvalue weighted by atomic mass is 10.2. The van der Waals surface area contributed by atoms with Gasteiger partial charge < -0.3 is 4.74 Å². The number of aryl methyl sites for hydroxylation is 1. The molecule has 0 saturated carbocycles. The lowest BCUT2D eigenvalue weighted by Gasteiger charge is -2.16. The van der Waals surface area contributed by atoms with E-state index in [-0.39, 0.29) is 5.75 Å².